The van der Waals surface area contributed by atoms with Crippen LogP contribution in [-0.2, 0) is 14.3 Å². The van der Waals surface area contributed by atoms with Crippen molar-refractivity contribution in [3.05, 3.63) is 41.6 Å². The zero-order valence-corrected chi connectivity index (χ0v) is 15.8. The van der Waals surface area contributed by atoms with Gasteiger partial charge in [-0.15, -0.1) is 0 Å². The molecule has 2 atom stereocenters. The predicted molar refractivity (Wildman–Crippen MR) is 94.9 cm³/mol. The fourth-order valence-corrected chi connectivity index (χ4v) is 3.12. The minimum absolute atomic E-state index is 0.0730. The summed E-state index contributed by atoms with van der Waals surface area (Å²) in [4.78, 5) is 36.5. The number of halogens is 3. The number of carbonyl (C=O) groups is 3. The Morgan fingerprint density at radius 3 is 2.31 bits per heavy atom. The Hall–Kier alpha value is -3.08. The second-order valence-electron chi connectivity index (χ2n) is 6.25. The summed E-state index contributed by atoms with van der Waals surface area (Å²) in [6.07, 6.45) is -5.40. The van der Waals surface area contributed by atoms with Crippen LogP contribution < -0.4 is 10.7 Å². The predicted octanol–water partition coefficient (Wildman–Crippen LogP) is 2.33. The third-order valence-corrected chi connectivity index (χ3v) is 4.32. The highest BCUT2D eigenvalue weighted by atomic mass is 19.4. The maximum absolute atomic E-state index is 13.9. The first-order chi connectivity index (χ1) is 13.4. The molecule has 2 amide bonds. The minimum Gasteiger partial charge on any atom is -0.463 e. The Kier molecular flexibility index (Phi) is 6.21. The first-order valence-electron chi connectivity index (χ1n) is 8.55. The van der Waals surface area contributed by atoms with Gasteiger partial charge in [-0.25, -0.2) is 20.0 Å². The van der Waals surface area contributed by atoms with Gasteiger partial charge in [0.05, 0.1) is 12.2 Å². The van der Waals surface area contributed by atoms with Crippen molar-refractivity contribution in [3.8, 4) is 0 Å². The van der Waals surface area contributed by atoms with Gasteiger partial charge in [0.1, 0.15) is 11.7 Å². The second-order valence-corrected chi connectivity index (χ2v) is 6.25. The third-order valence-electron chi connectivity index (χ3n) is 4.32. The maximum atomic E-state index is 13.9. The SMILES string of the molecule is CCOC(=O)C1=C(C)N(NC(=O)Nc2ccccc2)C(O)(C(F)(F)F)C1C(C)=O. The highest BCUT2D eigenvalue weighted by Gasteiger charge is 2.70. The standard InChI is InChI=1S/C18H20F3N3O5/c1-4-29-15(26)13-10(2)24(17(28,18(19,20)21)14(13)11(3)25)23-16(27)22-12-8-6-5-7-9-12/h5-9,14,28H,4H2,1-3H3,(H2,22,23,27). The van der Waals surface area contributed by atoms with E-state index in [1.807, 2.05) is 5.43 Å². The lowest BCUT2D eigenvalue weighted by atomic mass is 9.87. The zero-order valence-electron chi connectivity index (χ0n) is 15.8. The molecule has 1 heterocycles. The molecule has 1 aliphatic rings. The van der Waals surface area contributed by atoms with Crippen LogP contribution in [0.1, 0.15) is 20.8 Å². The average molecular weight is 415 g/mol. The summed E-state index contributed by atoms with van der Waals surface area (Å²) >= 11 is 0. The number of hydrazine groups is 1. The van der Waals surface area contributed by atoms with Gasteiger partial charge in [-0.1, -0.05) is 18.2 Å². The van der Waals surface area contributed by atoms with E-state index in [1.165, 1.54) is 19.1 Å². The molecule has 2 unspecified atom stereocenters. The molecule has 11 heteroatoms. The molecule has 0 spiro atoms. The largest absolute Gasteiger partial charge is 0.463 e. The molecule has 0 aromatic heterocycles. The topological polar surface area (TPSA) is 108 Å². The molecule has 1 aromatic carbocycles. The number of aliphatic hydroxyl groups is 1. The van der Waals surface area contributed by atoms with E-state index in [0.717, 1.165) is 13.8 Å². The number of hydrogen-bond acceptors (Lipinski definition) is 6. The summed E-state index contributed by atoms with van der Waals surface area (Å²) < 4.78 is 46.4. The van der Waals surface area contributed by atoms with Crippen molar-refractivity contribution in [1.82, 2.24) is 10.4 Å². The number of benzene rings is 1. The molecule has 0 aliphatic carbocycles. The molecule has 0 radical (unpaired) electrons. The Bertz CT molecular complexity index is 841. The fraction of sp³-hybridized carbons (Fsp3) is 0.389. The van der Waals surface area contributed by atoms with E-state index < -0.39 is 46.9 Å². The van der Waals surface area contributed by atoms with Crippen molar-refractivity contribution in [1.29, 1.82) is 0 Å². The number of nitrogens with zero attached hydrogens (tertiary/aromatic N) is 1. The van der Waals surface area contributed by atoms with Crippen LogP contribution in [0.15, 0.2) is 41.6 Å². The number of para-hydroxylation sites is 1. The number of anilines is 1. The van der Waals surface area contributed by atoms with E-state index in [1.54, 1.807) is 18.2 Å². The van der Waals surface area contributed by atoms with Crippen LogP contribution in [0.3, 0.4) is 0 Å². The fourth-order valence-electron chi connectivity index (χ4n) is 3.12. The lowest BCUT2D eigenvalue weighted by Gasteiger charge is -2.39. The second kappa shape index (κ2) is 8.11. The molecule has 0 saturated carbocycles. The highest BCUT2D eigenvalue weighted by Crippen LogP contribution is 2.49. The lowest BCUT2D eigenvalue weighted by molar-refractivity contribution is -0.320. The number of rotatable bonds is 5. The molecule has 2 rings (SSSR count). The number of allylic oxidation sites excluding steroid dienone is 1. The van der Waals surface area contributed by atoms with E-state index in [0.29, 0.717) is 0 Å². The van der Waals surface area contributed by atoms with Crippen molar-refractivity contribution in [2.45, 2.75) is 32.7 Å². The van der Waals surface area contributed by atoms with Crippen LogP contribution in [0.4, 0.5) is 23.7 Å². The Balaban J connectivity index is 2.48. The minimum atomic E-state index is -5.40. The van der Waals surface area contributed by atoms with E-state index in [4.69, 9.17) is 4.74 Å². The molecule has 8 nitrogen and oxygen atoms in total. The van der Waals surface area contributed by atoms with Gasteiger partial charge in [0.15, 0.2) is 0 Å². The summed E-state index contributed by atoms with van der Waals surface area (Å²) in [7, 11) is 0. The molecule has 0 fully saturated rings. The van der Waals surface area contributed by atoms with Crippen LogP contribution in [-0.4, -0.2) is 46.4 Å². The zero-order chi connectivity index (χ0) is 22.0. The molecule has 0 saturated heterocycles. The van der Waals surface area contributed by atoms with E-state index in [2.05, 4.69) is 5.32 Å². The quantitative estimate of drug-likeness (QED) is 0.637. The molecular formula is C18H20F3N3O5. The third kappa shape index (κ3) is 4.04. The summed E-state index contributed by atoms with van der Waals surface area (Å²) in [5.74, 6) is -4.63. The van der Waals surface area contributed by atoms with Gasteiger partial charge in [0, 0.05) is 11.4 Å². The van der Waals surface area contributed by atoms with Gasteiger partial charge in [0.2, 0.25) is 0 Å². The van der Waals surface area contributed by atoms with Crippen molar-refractivity contribution < 1.29 is 37.4 Å². The van der Waals surface area contributed by atoms with E-state index in [9.17, 15) is 32.7 Å². The van der Waals surface area contributed by atoms with Crippen molar-refractivity contribution in [3.63, 3.8) is 0 Å². The number of urea groups is 1. The van der Waals surface area contributed by atoms with Crippen LogP contribution in [0.2, 0.25) is 0 Å². The van der Waals surface area contributed by atoms with Crippen LogP contribution in [0, 0.1) is 5.92 Å². The number of alkyl halides is 3. The molecule has 1 aromatic rings. The Labute approximate surface area is 164 Å². The molecular weight excluding hydrogens is 395 g/mol. The van der Waals surface area contributed by atoms with Crippen LogP contribution in [0.5, 0.6) is 0 Å². The van der Waals surface area contributed by atoms with Gasteiger partial charge in [-0.2, -0.15) is 13.2 Å². The number of Topliss-reactive ketones (excluding diaryl/α,β-unsaturated/α-hetero) is 1. The lowest BCUT2D eigenvalue weighted by Crippen LogP contribution is -2.66. The monoisotopic (exact) mass is 415 g/mol. The Morgan fingerprint density at radius 2 is 1.83 bits per heavy atom. The van der Waals surface area contributed by atoms with Crippen LogP contribution >= 0.6 is 0 Å². The van der Waals surface area contributed by atoms with Crippen molar-refractivity contribution in [2.24, 2.45) is 5.92 Å². The average Bonchev–Trinajstić information content (AvgIpc) is 2.85. The van der Waals surface area contributed by atoms with Crippen molar-refractivity contribution in [2.75, 3.05) is 11.9 Å². The molecule has 0 bridgehead atoms. The van der Waals surface area contributed by atoms with Crippen molar-refractivity contribution >= 4 is 23.5 Å². The van der Waals surface area contributed by atoms with Gasteiger partial charge in [-0.3, -0.25) is 4.79 Å². The maximum Gasteiger partial charge on any atom is 0.439 e. The van der Waals surface area contributed by atoms with Crippen LogP contribution in [0.25, 0.3) is 0 Å². The number of carbonyl (C=O) groups excluding carboxylic acids is 3. The van der Waals surface area contributed by atoms with Gasteiger partial charge < -0.3 is 15.2 Å². The van der Waals surface area contributed by atoms with E-state index in [-0.39, 0.29) is 17.3 Å². The van der Waals surface area contributed by atoms with Gasteiger partial charge in [0.25, 0.3) is 5.72 Å². The number of ketones is 1. The summed E-state index contributed by atoms with van der Waals surface area (Å²) in [6.45, 7) is 3.15. The molecule has 3 N–H and O–H groups in total. The number of hydrogen-bond donors (Lipinski definition) is 3. The van der Waals surface area contributed by atoms with E-state index >= 15 is 0 Å². The smallest absolute Gasteiger partial charge is 0.439 e. The number of ether oxygens (including phenoxy) is 1. The number of nitrogens with one attached hydrogen (secondary N) is 2. The summed E-state index contributed by atoms with van der Waals surface area (Å²) in [5.41, 5.74) is -2.87. The Morgan fingerprint density at radius 1 is 1.24 bits per heavy atom. The first-order valence-corrected chi connectivity index (χ1v) is 8.55. The number of amides is 2. The number of esters is 1. The summed E-state index contributed by atoms with van der Waals surface area (Å²) in [5, 5.41) is 12.9. The normalized spacial score (nSPS) is 21.8. The molecule has 158 valence electrons. The first kappa shape index (κ1) is 22.2. The molecule has 29 heavy (non-hydrogen) atoms. The molecule has 1 aliphatic heterocycles. The van der Waals surface area contributed by atoms with Gasteiger partial charge >= 0.3 is 18.2 Å². The summed E-state index contributed by atoms with van der Waals surface area (Å²) in [6, 6.07) is 6.71. The van der Waals surface area contributed by atoms with Gasteiger partial charge in [-0.05, 0) is 32.9 Å². The highest BCUT2D eigenvalue weighted by molar-refractivity contribution is 6.00.